The van der Waals surface area contributed by atoms with Crippen LogP contribution in [0.25, 0.3) is 95.0 Å². The summed E-state index contributed by atoms with van der Waals surface area (Å²) in [5.41, 5.74) is 18.7. The number of para-hydroxylation sites is 1. The molecule has 0 N–H and O–H groups in total. The van der Waals surface area contributed by atoms with Gasteiger partial charge in [0.25, 0.3) is 0 Å². The average molecular weight is 789 g/mol. The fourth-order valence-corrected chi connectivity index (χ4v) is 10.4. The Balaban J connectivity index is 1.01. The lowest BCUT2D eigenvalue weighted by Gasteiger charge is -2.30. The smallest absolute Gasteiger partial charge is 0.238 e. The van der Waals surface area contributed by atoms with Crippen molar-refractivity contribution in [3.05, 3.63) is 241 Å². The molecule has 9 aromatic carbocycles. The number of benzene rings is 9. The van der Waals surface area contributed by atoms with Crippen molar-refractivity contribution in [2.24, 2.45) is 0 Å². The van der Waals surface area contributed by atoms with Gasteiger partial charge in [-0.2, -0.15) is 9.97 Å². The highest BCUT2D eigenvalue weighted by Gasteiger charge is 2.51. The van der Waals surface area contributed by atoms with Crippen molar-refractivity contribution in [3.63, 3.8) is 0 Å². The SMILES string of the molecule is c1ccc(-c2ccc(-c3nc(-c4ccccc4)nc(-n4c5ccccc5c5ccc(-c6ccc7c(c6)C6(c8ccccc8-c8ccccc86)c6ccccc6-7)cc54)n3)cc2)cc1. The maximum atomic E-state index is 5.28. The highest BCUT2D eigenvalue weighted by molar-refractivity contribution is 6.10. The van der Waals surface area contributed by atoms with Crippen LogP contribution in [0.15, 0.2) is 218 Å². The minimum atomic E-state index is -0.414. The number of aromatic nitrogens is 4. The van der Waals surface area contributed by atoms with Gasteiger partial charge in [-0.1, -0.05) is 200 Å². The van der Waals surface area contributed by atoms with Crippen molar-refractivity contribution in [2.45, 2.75) is 5.41 Å². The number of hydrogen-bond acceptors (Lipinski definition) is 3. The molecule has 0 fully saturated rings. The van der Waals surface area contributed by atoms with Crippen molar-refractivity contribution in [2.75, 3.05) is 0 Å². The summed E-state index contributed by atoms with van der Waals surface area (Å²) in [7, 11) is 0. The molecule has 0 saturated heterocycles. The number of rotatable bonds is 5. The third-order valence-electron chi connectivity index (χ3n) is 13.1. The summed E-state index contributed by atoms with van der Waals surface area (Å²) < 4.78 is 2.22. The Labute approximate surface area is 359 Å². The van der Waals surface area contributed by atoms with Gasteiger partial charge < -0.3 is 0 Å². The fourth-order valence-electron chi connectivity index (χ4n) is 10.4. The molecule has 0 unspecified atom stereocenters. The maximum absolute atomic E-state index is 5.28. The Morgan fingerprint density at radius 2 is 0.726 bits per heavy atom. The molecular weight excluding hydrogens is 753 g/mol. The zero-order valence-corrected chi connectivity index (χ0v) is 33.6. The number of fused-ring (bicyclic) bond motifs is 13. The second-order valence-corrected chi connectivity index (χ2v) is 16.3. The Hall–Kier alpha value is -8.21. The Bertz CT molecular complexity index is 3500. The normalized spacial score (nSPS) is 13.0. The van der Waals surface area contributed by atoms with Crippen LogP contribution in [0, 0.1) is 0 Å². The van der Waals surface area contributed by atoms with Crippen LogP contribution in [-0.4, -0.2) is 19.5 Å². The van der Waals surface area contributed by atoms with Crippen molar-refractivity contribution >= 4 is 21.8 Å². The molecular formula is C58H36N4. The summed E-state index contributed by atoms with van der Waals surface area (Å²) in [6.45, 7) is 0. The molecule has 13 rings (SSSR count). The third-order valence-corrected chi connectivity index (χ3v) is 13.1. The lowest BCUT2D eigenvalue weighted by molar-refractivity contribution is 0.794. The summed E-state index contributed by atoms with van der Waals surface area (Å²) in [4.78, 5) is 15.6. The first-order valence-corrected chi connectivity index (χ1v) is 21.2. The van der Waals surface area contributed by atoms with Crippen LogP contribution in [-0.2, 0) is 5.41 Å². The molecule has 4 nitrogen and oxygen atoms in total. The minimum absolute atomic E-state index is 0.414. The molecule has 0 radical (unpaired) electrons. The monoisotopic (exact) mass is 788 g/mol. The Morgan fingerprint density at radius 1 is 0.290 bits per heavy atom. The van der Waals surface area contributed by atoms with Crippen LogP contribution in [0.3, 0.4) is 0 Å². The van der Waals surface area contributed by atoms with E-state index in [9.17, 15) is 0 Å². The summed E-state index contributed by atoms with van der Waals surface area (Å²) in [5.74, 6) is 1.82. The molecule has 0 bridgehead atoms. The molecule has 0 saturated carbocycles. The van der Waals surface area contributed by atoms with Gasteiger partial charge in [-0.25, -0.2) is 4.98 Å². The number of nitrogens with zero attached hydrogens (tertiary/aromatic N) is 4. The van der Waals surface area contributed by atoms with Gasteiger partial charge >= 0.3 is 0 Å². The zero-order valence-electron chi connectivity index (χ0n) is 33.6. The molecule has 1 spiro atoms. The van der Waals surface area contributed by atoms with Crippen LogP contribution >= 0.6 is 0 Å². The predicted molar refractivity (Wildman–Crippen MR) is 252 cm³/mol. The second kappa shape index (κ2) is 13.4. The number of hydrogen-bond donors (Lipinski definition) is 0. The van der Waals surface area contributed by atoms with Gasteiger partial charge in [-0.05, 0) is 85.0 Å². The van der Waals surface area contributed by atoms with Gasteiger partial charge in [-0.3, -0.25) is 4.57 Å². The Kier molecular flexibility index (Phi) is 7.49. The fraction of sp³-hybridized carbons (Fsp3) is 0.0172. The van der Waals surface area contributed by atoms with E-state index in [0.29, 0.717) is 17.6 Å². The van der Waals surface area contributed by atoms with Gasteiger partial charge in [0.1, 0.15) is 0 Å². The molecule has 2 aliphatic rings. The lowest BCUT2D eigenvalue weighted by Crippen LogP contribution is -2.25. The topological polar surface area (TPSA) is 43.6 Å². The molecule has 0 amide bonds. The molecule has 4 heteroatoms. The van der Waals surface area contributed by atoms with E-state index in [-0.39, 0.29) is 0 Å². The van der Waals surface area contributed by atoms with Gasteiger partial charge in [0.15, 0.2) is 11.6 Å². The molecule has 0 aliphatic heterocycles. The first-order valence-electron chi connectivity index (χ1n) is 21.2. The van der Waals surface area contributed by atoms with E-state index in [4.69, 9.17) is 15.0 Å². The molecule has 2 heterocycles. The first kappa shape index (κ1) is 34.6. The minimum Gasteiger partial charge on any atom is -0.278 e. The van der Waals surface area contributed by atoms with Crippen molar-refractivity contribution in [3.8, 4) is 73.2 Å². The molecule has 11 aromatic rings. The highest BCUT2D eigenvalue weighted by atomic mass is 15.2. The van der Waals surface area contributed by atoms with Crippen molar-refractivity contribution in [1.29, 1.82) is 0 Å². The van der Waals surface area contributed by atoms with Crippen LogP contribution in [0.1, 0.15) is 22.3 Å². The van der Waals surface area contributed by atoms with Gasteiger partial charge in [-0.15, -0.1) is 0 Å². The zero-order chi connectivity index (χ0) is 40.8. The first-order chi connectivity index (χ1) is 30.7. The summed E-state index contributed by atoms with van der Waals surface area (Å²) in [6, 6.07) is 78.6. The van der Waals surface area contributed by atoms with E-state index in [2.05, 4.69) is 199 Å². The summed E-state index contributed by atoms with van der Waals surface area (Å²) in [5, 5.41) is 2.29. The maximum Gasteiger partial charge on any atom is 0.238 e. The van der Waals surface area contributed by atoms with E-state index in [1.165, 1.54) is 50.1 Å². The highest BCUT2D eigenvalue weighted by Crippen LogP contribution is 2.63. The molecule has 2 aliphatic carbocycles. The van der Waals surface area contributed by atoms with Crippen LogP contribution in [0.2, 0.25) is 0 Å². The lowest BCUT2D eigenvalue weighted by atomic mass is 9.70. The van der Waals surface area contributed by atoms with E-state index in [0.717, 1.165) is 49.6 Å². The van der Waals surface area contributed by atoms with E-state index < -0.39 is 5.41 Å². The summed E-state index contributed by atoms with van der Waals surface area (Å²) in [6.07, 6.45) is 0. The molecule has 0 atom stereocenters. The summed E-state index contributed by atoms with van der Waals surface area (Å²) >= 11 is 0. The molecule has 2 aromatic heterocycles. The van der Waals surface area contributed by atoms with E-state index in [1.807, 2.05) is 24.3 Å². The van der Waals surface area contributed by atoms with Crippen LogP contribution in [0.5, 0.6) is 0 Å². The van der Waals surface area contributed by atoms with Gasteiger partial charge in [0.2, 0.25) is 5.95 Å². The van der Waals surface area contributed by atoms with Gasteiger partial charge in [0.05, 0.1) is 16.4 Å². The Morgan fingerprint density at radius 3 is 1.37 bits per heavy atom. The van der Waals surface area contributed by atoms with Crippen LogP contribution in [0.4, 0.5) is 0 Å². The van der Waals surface area contributed by atoms with Crippen molar-refractivity contribution in [1.82, 2.24) is 19.5 Å². The molecule has 288 valence electrons. The van der Waals surface area contributed by atoms with Gasteiger partial charge in [0, 0.05) is 21.9 Å². The quantitative estimate of drug-likeness (QED) is 0.174. The average Bonchev–Trinajstić information content (AvgIpc) is 3.96. The van der Waals surface area contributed by atoms with Crippen molar-refractivity contribution < 1.29 is 0 Å². The largest absolute Gasteiger partial charge is 0.278 e. The molecule has 62 heavy (non-hydrogen) atoms. The predicted octanol–water partition coefficient (Wildman–Crippen LogP) is 14.0. The second-order valence-electron chi connectivity index (χ2n) is 16.3. The third kappa shape index (κ3) is 4.98. The van der Waals surface area contributed by atoms with Crippen LogP contribution < -0.4 is 0 Å². The van der Waals surface area contributed by atoms with E-state index >= 15 is 0 Å². The standard InChI is InChI=1S/C58H36N4/c1-3-15-37(16-4-1)38-27-29-40(30-28-38)56-59-55(39-17-5-2-6-18-39)60-57(61-56)62-53-26-14-10-22-47(53)48-34-32-42(36-54(48)62)41-31-33-46-45-21-9-13-25-51(45)58(52(46)35-41)49-23-11-7-19-43(49)44-20-8-12-24-50(44)58/h1-36H. The van der Waals surface area contributed by atoms with E-state index in [1.54, 1.807) is 0 Å².